The second-order valence-corrected chi connectivity index (χ2v) is 6.60. The molecule has 1 saturated carbocycles. The van der Waals surface area contributed by atoms with Gasteiger partial charge in [-0.3, -0.25) is 4.79 Å². The van der Waals surface area contributed by atoms with Crippen molar-refractivity contribution in [2.75, 3.05) is 6.61 Å². The van der Waals surface area contributed by atoms with Crippen LogP contribution in [0, 0.1) is 0 Å². The highest BCUT2D eigenvalue weighted by Crippen LogP contribution is 2.27. The van der Waals surface area contributed by atoms with Gasteiger partial charge in [0.1, 0.15) is 0 Å². The number of ketones is 1. The van der Waals surface area contributed by atoms with Gasteiger partial charge in [0.05, 0.1) is 6.61 Å². The largest absolute Gasteiger partial charge is 0.416 e. The number of carbonyl (C=O) groups is 1. The monoisotopic (exact) mass is 226 g/mol. The molecule has 1 aliphatic carbocycles. The van der Waals surface area contributed by atoms with Crippen molar-refractivity contribution in [1.29, 1.82) is 0 Å². The molecular formula is C12H22O2Si. The molecule has 1 rings (SSSR count). The zero-order valence-corrected chi connectivity index (χ0v) is 11.3. The Morgan fingerprint density at radius 3 is 2.60 bits per heavy atom. The van der Waals surface area contributed by atoms with Crippen LogP contribution in [0.3, 0.4) is 0 Å². The summed E-state index contributed by atoms with van der Waals surface area (Å²) in [5.74, 6) is 0.123. The van der Waals surface area contributed by atoms with Crippen LogP contribution in [0.5, 0.6) is 0 Å². The zero-order valence-electron chi connectivity index (χ0n) is 9.92. The van der Waals surface area contributed by atoms with E-state index in [4.69, 9.17) is 4.43 Å². The summed E-state index contributed by atoms with van der Waals surface area (Å²) in [7, 11) is -0.461. The fourth-order valence-corrected chi connectivity index (χ4v) is 3.61. The average molecular weight is 226 g/mol. The van der Waals surface area contributed by atoms with Crippen molar-refractivity contribution in [2.45, 2.75) is 51.5 Å². The molecule has 0 aromatic carbocycles. The molecule has 0 N–H and O–H groups in total. The first-order valence-electron chi connectivity index (χ1n) is 5.94. The van der Waals surface area contributed by atoms with Crippen LogP contribution in [0.15, 0.2) is 11.6 Å². The van der Waals surface area contributed by atoms with Gasteiger partial charge in [-0.1, -0.05) is 37.7 Å². The normalized spacial score (nSPS) is 18.3. The van der Waals surface area contributed by atoms with Gasteiger partial charge in [-0.05, 0) is 25.5 Å². The third-order valence-corrected chi connectivity index (χ3v) is 4.50. The van der Waals surface area contributed by atoms with Crippen molar-refractivity contribution >= 4 is 15.5 Å². The summed E-state index contributed by atoms with van der Waals surface area (Å²) in [6.45, 7) is 4.20. The number of allylic oxidation sites excluding steroid dienone is 1. The number of hydrogen-bond acceptors (Lipinski definition) is 2. The van der Waals surface area contributed by atoms with Gasteiger partial charge in [0, 0.05) is 0 Å². The third-order valence-electron chi connectivity index (χ3n) is 2.77. The van der Waals surface area contributed by atoms with Gasteiger partial charge in [-0.2, -0.15) is 0 Å². The topological polar surface area (TPSA) is 26.3 Å². The molecule has 0 bridgehead atoms. The van der Waals surface area contributed by atoms with E-state index < -0.39 is 9.76 Å². The molecule has 86 valence electrons. The number of hydrogen-bond donors (Lipinski definition) is 0. The fourth-order valence-electron chi connectivity index (χ4n) is 2.04. The summed E-state index contributed by atoms with van der Waals surface area (Å²) in [6, 6.07) is 0. The molecule has 15 heavy (non-hydrogen) atoms. The molecule has 0 spiro atoms. The second kappa shape index (κ2) is 6.96. The minimum Gasteiger partial charge on any atom is -0.416 e. The van der Waals surface area contributed by atoms with Gasteiger partial charge in [0.2, 0.25) is 0 Å². The SMILES string of the molecule is CC(C)=CC(=O)CO[SiH2]C1CCCCC1. The van der Waals surface area contributed by atoms with Crippen molar-refractivity contribution < 1.29 is 9.22 Å². The molecule has 0 heterocycles. The first-order valence-corrected chi connectivity index (χ1v) is 7.33. The molecule has 0 atom stereocenters. The Bertz CT molecular complexity index is 226. The van der Waals surface area contributed by atoms with Gasteiger partial charge in [0.15, 0.2) is 15.5 Å². The highest BCUT2D eigenvalue weighted by Gasteiger charge is 2.14. The van der Waals surface area contributed by atoms with Crippen molar-refractivity contribution in [3.8, 4) is 0 Å². The van der Waals surface area contributed by atoms with Crippen molar-refractivity contribution in [1.82, 2.24) is 0 Å². The highest BCUT2D eigenvalue weighted by molar-refractivity contribution is 6.30. The highest BCUT2D eigenvalue weighted by atomic mass is 28.2. The van der Waals surface area contributed by atoms with Crippen LogP contribution in [0.1, 0.15) is 46.0 Å². The Labute approximate surface area is 95.0 Å². The molecule has 1 aliphatic rings. The lowest BCUT2D eigenvalue weighted by atomic mass is 10.0. The summed E-state index contributed by atoms with van der Waals surface area (Å²) in [5.41, 5.74) is 1.89. The molecule has 0 aliphatic heterocycles. The van der Waals surface area contributed by atoms with Crippen LogP contribution in [-0.2, 0) is 9.22 Å². The second-order valence-electron chi connectivity index (χ2n) is 4.71. The predicted molar refractivity (Wildman–Crippen MR) is 65.8 cm³/mol. The Kier molecular flexibility index (Phi) is 5.87. The maximum absolute atomic E-state index is 11.3. The van der Waals surface area contributed by atoms with E-state index >= 15 is 0 Å². The molecule has 0 unspecified atom stereocenters. The number of rotatable bonds is 5. The van der Waals surface area contributed by atoms with E-state index in [2.05, 4.69) is 0 Å². The Balaban J connectivity index is 2.10. The van der Waals surface area contributed by atoms with E-state index in [1.165, 1.54) is 32.1 Å². The Hall–Kier alpha value is -0.413. The standard InChI is InChI=1S/C12H22O2Si/c1-10(2)8-11(13)9-14-15-12-6-4-3-5-7-12/h8,12H,3-7,9,15H2,1-2H3. The van der Waals surface area contributed by atoms with E-state index in [1.807, 2.05) is 13.8 Å². The lowest BCUT2D eigenvalue weighted by Crippen LogP contribution is -2.15. The molecular weight excluding hydrogens is 204 g/mol. The molecule has 0 aromatic rings. The first kappa shape index (κ1) is 12.7. The van der Waals surface area contributed by atoms with Crippen LogP contribution in [-0.4, -0.2) is 22.2 Å². The lowest BCUT2D eigenvalue weighted by Gasteiger charge is -2.20. The summed E-state index contributed by atoms with van der Waals surface area (Å²) in [4.78, 5) is 11.3. The van der Waals surface area contributed by atoms with E-state index in [9.17, 15) is 4.79 Å². The van der Waals surface area contributed by atoms with Crippen LogP contribution in [0.25, 0.3) is 0 Å². The Morgan fingerprint density at radius 1 is 1.33 bits per heavy atom. The molecule has 0 amide bonds. The van der Waals surface area contributed by atoms with Gasteiger partial charge in [0.25, 0.3) is 0 Å². The molecule has 1 fully saturated rings. The van der Waals surface area contributed by atoms with Crippen LogP contribution in [0.2, 0.25) is 5.54 Å². The van der Waals surface area contributed by atoms with Crippen molar-refractivity contribution in [3.05, 3.63) is 11.6 Å². The van der Waals surface area contributed by atoms with Crippen LogP contribution in [0.4, 0.5) is 0 Å². The average Bonchev–Trinajstić information content (AvgIpc) is 2.18. The maximum atomic E-state index is 11.3. The summed E-state index contributed by atoms with van der Waals surface area (Å²) in [6.07, 6.45) is 8.47. The van der Waals surface area contributed by atoms with E-state index in [-0.39, 0.29) is 5.78 Å². The van der Waals surface area contributed by atoms with Crippen molar-refractivity contribution in [2.24, 2.45) is 0 Å². The van der Waals surface area contributed by atoms with E-state index in [0.29, 0.717) is 6.61 Å². The van der Waals surface area contributed by atoms with Gasteiger partial charge >= 0.3 is 0 Å². The van der Waals surface area contributed by atoms with Gasteiger partial charge < -0.3 is 4.43 Å². The van der Waals surface area contributed by atoms with Crippen LogP contribution >= 0.6 is 0 Å². The molecule has 0 radical (unpaired) electrons. The van der Waals surface area contributed by atoms with Gasteiger partial charge in [-0.25, -0.2) is 0 Å². The minimum absolute atomic E-state index is 0.123. The summed E-state index contributed by atoms with van der Waals surface area (Å²) < 4.78 is 5.58. The summed E-state index contributed by atoms with van der Waals surface area (Å²) >= 11 is 0. The van der Waals surface area contributed by atoms with E-state index in [0.717, 1.165) is 11.1 Å². The Morgan fingerprint density at radius 2 is 2.00 bits per heavy atom. The molecule has 3 heteroatoms. The van der Waals surface area contributed by atoms with E-state index in [1.54, 1.807) is 6.08 Å². The minimum atomic E-state index is -0.461. The smallest absolute Gasteiger partial charge is 0.179 e. The lowest BCUT2D eigenvalue weighted by molar-refractivity contribution is -0.116. The zero-order chi connectivity index (χ0) is 11.1. The number of carbonyl (C=O) groups excluding carboxylic acids is 1. The first-order chi connectivity index (χ1) is 7.18. The fraction of sp³-hybridized carbons (Fsp3) is 0.750. The summed E-state index contributed by atoms with van der Waals surface area (Å²) in [5, 5.41) is 0. The molecule has 0 saturated heterocycles. The predicted octanol–water partition coefficient (Wildman–Crippen LogP) is 2.37. The van der Waals surface area contributed by atoms with Crippen LogP contribution < -0.4 is 0 Å². The third kappa shape index (κ3) is 5.90. The quantitative estimate of drug-likeness (QED) is 0.531. The van der Waals surface area contributed by atoms with Gasteiger partial charge in [-0.15, -0.1) is 0 Å². The molecule has 2 nitrogen and oxygen atoms in total. The van der Waals surface area contributed by atoms with Crippen molar-refractivity contribution in [3.63, 3.8) is 0 Å². The molecule has 0 aromatic heterocycles. The maximum Gasteiger partial charge on any atom is 0.179 e.